The quantitative estimate of drug-likeness (QED) is 0.318. The van der Waals surface area contributed by atoms with Gasteiger partial charge in [-0.1, -0.05) is 30.3 Å². The van der Waals surface area contributed by atoms with Crippen LogP contribution in [0, 0.1) is 20.8 Å². The molecule has 1 aliphatic rings. The molecule has 1 fully saturated rings. The predicted molar refractivity (Wildman–Crippen MR) is 161 cm³/mol. The lowest BCUT2D eigenvalue weighted by molar-refractivity contribution is -0.137. The van der Waals surface area contributed by atoms with E-state index in [-0.39, 0.29) is 35.8 Å². The molecule has 1 aliphatic heterocycles. The van der Waals surface area contributed by atoms with Gasteiger partial charge in [-0.05, 0) is 89.3 Å². The fraction of sp³-hybridized carbons (Fsp3) is 0.455. The maximum absolute atomic E-state index is 14.1. The van der Waals surface area contributed by atoms with Crippen LogP contribution in [0.3, 0.4) is 0 Å². The van der Waals surface area contributed by atoms with Gasteiger partial charge in [0.1, 0.15) is 0 Å². The fourth-order valence-electron chi connectivity index (χ4n) is 6.34. The number of nitrogens with one attached hydrogen (secondary N) is 2. The number of benzene rings is 2. The largest absolute Gasteiger partial charge is 0.416 e. The molecule has 3 aromatic rings. The summed E-state index contributed by atoms with van der Waals surface area (Å²) in [4.78, 5) is 33.0. The molecule has 2 aromatic carbocycles. The minimum Gasteiger partial charge on any atom is -0.368 e. The molecule has 1 amide bonds. The Morgan fingerprint density at radius 2 is 1.69 bits per heavy atom. The molecule has 0 radical (unpaired) electrons. The summed E-state index contributed by atoms with van der Waals surface area (Å²) >= 11 is 0. The summed E-state index contributed by atoms with van der Waals surface area (Å²) in [5.74, 6) is -0.644. The number of hydrogen-bond acceptors (Lipinski definition) is 4. The van der Waals surface area contributed by atoms with Gasteiger partial charge in [-0.2, -0.15) is 13.2 Å². The molecule has 42 heavy (non-hydrogen) atoms. The van der Waals surface area contributed by atoms with Gasteiger partial charge in [0.15, 0.2) is 0 Å². The van der Waals surface area contributed by atoms with Gasteiger partial charge in [0.05, 0.1) is 5.56 Å². The van der Waals surface area contributed by atoms with E-state index in [9.17, 15) is 22.8 Å². The molecule has 1 aromatic heterocycles. The molecule has 2 N–H and O–H groups in total. The molecule has 6 nitrogen and oxygen atoms in total. The van der Waals surface area contributed by atoms with Crippen LogP contribution in [-0.2, 0) is 19.3 Å². The van der Waals surface area contributed by atoms with Crippen LogP contribution in [0.1, 0.15) is 77.5 Å². The number of carbonyl (C=O) groups is 1. The number of alkyl halides is 3. The number of pyridine rings is 1. The van der Waals surface area contributed by atoms with Gasteiger partial charge >= 0.3 is 6.18 Å². The first-order valence-electron chi connectivity index (χ1n) is 14.6. The van der Waals surface area contributed by atoms with Gasteiger partial charge in [-0.15, -0.1) is 0 Å². The van der Waals surface area contributed by atoms with Crippen LogP contribution >= 0.6 is 0 Å². The Kier molecular flexibility index (Phi) is 9.50. The van der Waals surface area contributed by atoms with E-state index in [0.717, 1.165) is 25.5 Å². The summed E-state index contributed by atoms with van der Waals surface area (Å²) < 4.78 is 42.4. The maximum atomic E-state index is 14.1. The lowest BCUT2D eigenvalue weighted by Crippen LogP contribution is -2.53. The second-order valence-electron chi connectivity index (χ2n) is 11.6. The van der Waals surface area contributed by atoms with Gasteiger partial charge < -0.3 is 15.2 Å². The third-order valence-corrected chi connectivity index (χ3v) is 8.53. The molecule has 2 unspecified atom stereocenters. The number of hydrogen-bond donors (Lipinski definition) is 2. The normalized spacial score (nSPS) is 19.5. The Balaban J connectivity index is 1.62. The number of aromatic nitrogens is 1. The van der Waals surface area contributed by atoms with E-state index in [0.29, 0.717) is 34.6 Å². The van der Waals surface area contributed by atoms with Crippen LogP contribution in [0.25, 0.3) is 0 Å². The number of amides is 1. The molecular formula is C33H41F3N4O2. The maximum Gasteiger partial charge on any atom is 0.416 e. The van der Waals surface area contributed by atoms with E-state index in [4.69, 9.17) is 0 Å². The zero-order valence-electron chi connectivity index (χ0n) is 25.2. The number of aryl methyl sites for hydroxylation is 2. The van der Waals surface area contributed by atoms with Gasteiger partial charge in [-0.25, -0.2) is 0 Å². The monoisotopic (exact) mass is 582 g/mol. The van der Waals surface area contributed by atoms with Crippen molar-refractivity contribution in [3.8, 4) is 0 Å². The standard InChI is InChI=1S/C33H41F3N4O2/c1-7-39(27-14-22(4)40(23(5)15-27)19-25-11-9-8-10-12-25)30-17-26(33(34,35)36)16-28(24(30)6)31(41)37-18-29-20(2)13-21(3)38-32(29)42/h8-13,16-17,22-23,27H,7,14-15,18-19H2,1-6H3,(H,37,41)(H,38,42)/t22-,23?,27?/m0/s1. The summed E-state index contributed by atoms with van der Waals surface area (Å²) in [5.41, 5.74) is 2.69. The van der Waals surface area contributed by atoms with Crippen LogP contribution in [0.4, 0.5) is 18.9 Å². The Morgan fingerprint density at radius 1 is 1.05 bits per heavy atom. The minimum atomic E-state index is -4.62. The second-order valence-corrected chi connectivity index (χ2v) is 11.6. The van der Waals surface area contributed by atoms with Crippen LogP contribution in [-0.4, -0.2) is 40.5 Å². The summed E-state index contributed by atoms with van der Waals surface area (Å²) in [5, 5.41) is 2.69. The van der Waals surface area contributed by atoms with E-state index in [1.54, 1.807) is 26.8 Å². The first kappa shape index (κ1) is 31.3. The number of aromatic amines is 1. The molecule has 9 heteroatoms. The van der Waals surface area contributed by atoms with Crippen molar-refractivity contribution in [1.29, 1.82) is 0 Å². The van der Waals surface area contributed by atoms with E-state index in [1.807, 2.05) is 30.0 Å². The molecule has 2 heterocycles. The summed E-state index contributed by atoms with van der Waals surface area (Å²) in [6.07, 6.45) is -3.05. The highest BCUT2D eigenvalue weighted by Gasteiger charge is 2.37. The molecule has 3 atom stereocenters. The summed E-state index contributed by atoms with van der Waals surface area (Å²) in [7, 11) is 0. The number of rotatable bonds is 8. The van der Waals surface area contributed by atoms with E-state index in [2.05, 4.69) is 41.2 Å². The number of piperidine rings is 1. The van der Waals surface area contributed by atoms with Gasteiger partial charge in [0.25, 0.3) is 11.5 Å². The van der Waals surface area contributed by atoms with Gasteiger partial charge in [-0.3, -0.25) is 14.5 Å². The Bertz CT molecular complexity index is 1460. The van der Waals surface area contributed by atoms with Crippen molar-refractivity contribution < 1.29 is 18.0 Å². The first-order valence-corrected chi connectivity index (χ1v) is 14.6. The third kappa shape index (κ3) is 6.89. The zero-order chi connectivity index (χ0) is 30.8. The molecule has 1 saturated heterocycles. The smallest absolute Gasteiger partial charge is 0.368 e. The average molecular weight is 583 g/mol. The number of halogens is 3. The first-order chi connectivity index (χ1) is 19.8. The number of H-pyrrole nitrogens is 1. The minimum absolute atomic E-state index is 0.0129. The molecule has 0 aliphatic carbocycles. The van der Waals surface area contributed by atoms with Crippen molar-refractivity contribution in [3.05, 3.63) is 98.0 Å². The summed E-state index contributed by atoms with van der Waals surface area (Å²) in [6.45, 7) is 12.8. The highest BCUT2D eigenvalue weighted by Crippen LogP contribution is 2.38. The third-order valence-electron chi connectivity index (χ3n) is 8.53. The fourth-order valence-corrected chi connectivity index (χ4v) is 6.34. The van der Waals surface area contributed by atoms with Crippen molar-refractivity contribution in [2.45, 2.75) is 91.8 Å². The van der Waals surface area contributed by atoms with Crippen LogP contribution in [0.15, 0.2) is 53.3 Å². The number of nitrogens with zero attached hydrogens (tertiary/aromatic N) is 2. The van der Waals surface area contributed by atoms with Gasteiger partial charge in [0, 0.05) is 60.3 Å². The van der Waals surface area contributed by atoms with Crippen LogP contribution in [0.5, 0.6) is 0 Å². The van der Waals surface area contributed by atoms with Crippen molar-refractivity contribution in [3.63, 3.8) is 0 Å². The topological polar surface area (TPSA) is 68.4 Å². The zero-order valence-corrected chi connectivity index (χ0v) is 25.2. The van der Waals surface area contributed by atoms with Gasteiger partial charge in [0.2, 0.25) is 0 Å². The second kappa shape index (κ2) is 12.7. The molecular weight excluding hydrogens is 541 g/mol. The lowest BCUT2D eigenvalue weighted by atomic mass is 9.89. The highest BCUT2D eigenvalue weighted by atomic mass is 19.4. The van der Waals surface area contributed by atoms with E-state index in [1.165, 1.54) is 11.6 Å². The van der Waals surface area contributed by atoms with Crippen molar-refractivity contribution in [2.24, 2.45) is 0 Å². The number of likely N-dealkylation sites (tertiary alicyclic amines) is 1. The molecule has 226 valence electrons. The SMILES string of the molecule is CCN(c1cc(C(F)(F)F)cc(C(=O)NCc2c(C)cc(C)[nH]c2=O)c1C)C1CC(C)N(Cc2ccccc2)[C@@H](C)C1. The van der Waals surface area contributed by atoms with Crippen LogP contribution < -0.4 is 15.8 Å². The van der Waals surface area contributed by atoms with Crippen LogP contribution in [0.2, 0.25) is 0 Å². The number of anilines is 1. The number of carbonyl (C=O) groups excluding carboxylic acids is 1. The van der Waals surface area contributed by atoms with E-state index >= 15 is 0 Å². The summed E-state index contributed by atoms with van der Waals surface area (Å²) in [6, 6.07) is 14.6. The van der Waals surface area contributed by atoms with Crippen molar-refractivity contribution >= 4 is 11.6 Å². The Morgan fingerprint density at radius 3 is 2.26 bits per heavy atom. The molecule has 0 spiro atoms. The Hall–Kier alpha value is -3.59. The average Bonchev–Trinajstić information content (AvgIpc) is 2.91. The predicted octanol–water partition coefficient (Wildman–Crippen LogP) is 6.52. The molecule has 4 rings (SSSR count). The highest BCUT2D eigenvalue weighted by molar-refractivity contribution is 5.97. The van der Waals surface area contributed by atoms with Crippen molar-refractivity contribution in [2.75, 3.05) is 11.4 Å². The lowest BCUT2D eigenvalue weighted by Gasteiger charge is -2.47. The molecule has 0 bridgehead atoms. The molecule has 0 saturated carbocycles. The Labute approximate surface area is 245 Å². The van der Waals surface area contributed by atoms with E-state index < -0.39 is 17.6 Å². The van der Waals surface area contributed by atoms with Crippen molar-refractivity contribution in [1.82, 2.24) is 15.2 Å².